The van der Waals surface area contributed by atoms with Crippen LogP contribution in [0.2, 0.25) is 0 Å². The lowest BCUT2D eigenvalue weighted by molar-refractivity contribution is 0.138. The van der Waals surface area contributed by atoms with Crippen LogP contribution < -0.4 is 5.73 Å². The van der Waals surface area contributed by atoms with E-state index >= 15 is 0 Å². The molecule has 0 aromatic rings. The summed E-state index contributed by atoms with van der Waals surface area (Å²) in [5.41, 5.74) is 5.49. The fraction of sp³-hybridized carbons (Fsp3) is 1.00. The summed E-state index contributed by atoms with van der Waals surface area (Å²) in [6.07, 6.45) is 2.19. The van der Waals surface area contributed by atoms with Crippen molar-refractivity contribution in [3.8, 4) is 0 Å². The molecule has 0 aliphatic carbocycles. The van der Waals surface area contributed by atoms with Gasteiger partial charge in [0.2, 0.25) is 0 Å². The number of nitrogens with two attached hydrogens (primary N) is 1. The van der Waals surface area contributed by atoms with Crippen LogP contribution in [-0.2, 0) is 14.6 Å². The Balaban J connectivity index is 2.30. The molecular formula is C9H19NO3S. The van der Waals surface area contributed by atoms with Gasteiger partial charge >= 0.3 is 0 Å². The highest BCUT2D eigenvalue weighted by molar-refractivity contribution is 7.91. The normalized spacial score (nSPS) is 30.7. The van der Waals surface area contributed by atoms with Crippen molar-refractivity contribution in [1.82, 2.24) is 0 Å². The third-order valence-electron chi connectivity index (χ3n) is 2.59. The van der Waals surface area contributed by atoms with Crippen molar-refractivity contribution in [2.24, 2.45) is 5.73 Å². The highest BCUT2D eigenvalue weighted by Crippen LogP contribution is 2.25. The Hall–Kier alpha value is -0.130. The third kappa shape index (κ3) is 3.55. The Morgan fingerprint density at radius 2 is 2.21 bits per heavy atom. The van der Waals surface area contributed by atoms with E-state index in [4.69, 9.17) is 10.5 Å². The van der Waals surface area contributed by atoms with E-state index in [-0.39, 0.29) is 11.5 Å². The van der Waals surface area contributed by atoms with E-state index in [2.05, 4.69) is 0 Å². The van der Waals surface area contributed by atoms with Crippen LogP contribution in [-0.4, -0.2) is 38.7 Å². The van der Waals surface area contributed by atoms with Crippen molar-refractivity contribution in [3.05, 3.63) is 0 Å². The van der Waals surface area contributed by atoms with Crippen molar-refractivity contribution in [1.29, 1.82) is 0 Å². The number of sulfone groups is 1. The van der Waals surface area contributed by atoms with Crippen LogP contribution in [0.5, 0.6) is 0 Å². The quantitative estimate of drug-likeness (QED) is 0.679. The maximum atomic E-state index is 11.2. The standard InChI is InChI=1S/C9H19NO3S/c1-2-13-6-3-4-9(10)5-7-14(11,12)8-9/h2-8,10H2,1H3. The lowest BCUT2D eigenvalue weighted by atomic mass is 9.94. The molecule has 0 radical (unpaired) electrons. The molecule has 0 bridgehead atoms. The lowest BCUT2D eigenvalue weighted by Gasteiger charge is -2.21. The summed E-state index contributed by atoms with van der Waals surface area (Å²) < 4.78 is 27.6. The first-order chi connectivity index (χ1) is 6.47. The fourth-order valence-corrected chi connectivity index (χ4v) is 3.84. The van der Waals surface area contributed by atoms with Crippen LogP contribution in [0.4, 0.5) is 0 Å². The predicted molar refractivity (Wildman–Crippen MR) is 55.9 cm³/mol. The first-order valence-electron chi connectivity index (χ1n) is 5.04. The second-order valence-corrected chi connectivity index (χ2v) is 6.19. The van der Waals surface area contributed by atoms with Crippen molar-refractivity contribution in [2.75, 3.05) is 24.7 Å². The molecule has 0 saturated carbocycles. The van der Waals surface area contributed by atoms with Crippen molar-refractivity contribution in [3.63, 3.8) is 0 Å². The average molecular weight is 221 g/mol. The zero-order valence-corrected chi connectivity index (χ0v) is 9.48. The molecule has 1 saturated heterocycles. The maximum absolute atomic E-state index is 11.2. The molecule has 1 unspecified atom stereocenters. The minimum atomic E-state index is -2.86. The molecule has 0 aromatic carbocycles. The van der Waals surface area contributed by atoms with E-state index in [0.717, 1.165) is 12.8 Å². The van der Waals surface area contributed by atoms with Gasteiger partial charge in [0.25, 0.3) is 0 Å². The van der Waals surface area contributed by atoms with Crippen LogP contribution >= 0.6 is 0 Å². The monoisotopic (exact) mass is 221 g/mol. The summed E-state index contributed by atoms with van der Waals surface area (Å²) in [6, 6.07) is 0. The van der Waals surface area contributed by atoms with Gasteiger partial charge in [-0.3, -0.25) is 0 Å². The fourth-order valence-electron chi connectivity index (χ4n) is 1.81. The van der Waals surface area contributed by atoms with Gasteiger partial charge in [-0.15, -0.1) is 0 Å². The minimum absolute atomic E-state index is 0.145. The number of ether oxygens (including phenoxy) is 1. The van der Waals surface area contributed by atoms with E-state index in [1.54, 1.807) is 0 Å². The summed E-state index contributed by atoms with van der Waals surface area (Å²) in [5.74, 6) is 0.393. The maximum Gasteiger partial charge on any atom is 0.152 e. The van der Waals surface area contributed by atoms with Crippen molar-refractivity contribution >= 4 is 9.84 Å². The second kappa shape index (κ2) is 4.59. The van der Waals surface area contributed by atoms with Crippen molar-refractivity contribution < 1.29 is 13.2 Å². The zero-order valence-electron chi connectivity index (χ0n) is 8.66. The molecule has 1 aliphatic rings. The van der Waals surface area contributed by atoms with Crippen LogP contribution in [0, 0.1) is 0 Å². The van der Waals surface area contributed by atoms with Crippen LogP contribution in [0.15, 0.2) is 0 Å². The molecule has 2 N–H and O–H groups in total. The van der Waals surface area contributed by atoms with Crippen LogP contribution in [0.1, 0.15) is 26.2 Å². The van der Waals surface area contributed by atoms with Gasteiger partial charge in [-0.25, -0.2) is 8.42 Å². The Morgan fingerprint density at radius 3 is 2.71 bits per heavy atom. The van der Waals surface area contributed by atoms with E-state index in [9.17, 15) is 8.42 Å². The molecule has 0 amide bonds. The summed E-state index contributed by atoms with van der Waals surface area (Å²) in [6.45, 7) is 3.32. The van der Waals surface area contributed by atoms with Gasteiger partial charge in [-0.2, -0.15) is 0 Å². The van der Waals surface area contributed by atoms with E-state index < -0.39 is 15.4 Å². The molecule has 5 heteroatoms. The summed E-state index contributed by atoms with van der Waals surface area (Å²) in [5, 5.41) is 0. The summed E-state index contributed by atoms with van der Waals surface area (Å²) in [7, 11) is -2.86. The molecule has 4 nitrogen and oxygen atoms in total. The van der Waals surface area contributed by atoms with E-state index in [1.807, 2.05) is 6.92 Å². The molecule has 1 rings (SSSR count). The predicted octanol–water partition coefficient (Wildman–Crippen LogP) is 0.319. The Bertz CT molecular complexity index is 276. The first-order valence-corrected chi connectivity index (χ1v) is 6.87. The van der Waals surface area contributed by atoms with Crippen LogP contribution in [0.25, 0.3) is 0 Å². The highest BCUT2D eigenvalue weighted by atomic mass is 32.2. The summed E-state index contributed by atoms with van der Waals surface area (Å²) in [4.78, 5) is 0. The van der Waals surface area contributed by atoms with E-state index in [0.29, 0.717) is 19.6 Å². The number of hydrogen-bond donors (Lipinski definition) is 1. The minimum Gasteiger partial charge on any atom is -0.382 e. The first kappa shape index (κ1) is 11.9. The molecule has 1 heterocycles. The number of hydrogen-bond acceptors (Lipinski definition) is 4. The SMILES string of the molecule is CCOCCCC1(N)CCS(=O)(=O)C1. The van der Waals surface area contributed by atoms with Gasteiger partial charge in [-0.1, -0.05) is 0 Å². The number of rotatable bonds is 5. The second-order valence-electron chi connectivity index (χ2n) is 4.00. The molecular weight excluding hydrogens is 202 g/mol. The lowest BCUT2D eigenvalue weighted by Crippen LogP contribution is -2.41. The molecule has 1 aliphatic heterocycles. The third-order valence-corrected chi connectivity index (χ3v) is 4.43. The Morgan fingerprint density at radius 1 is 1.50 bits per heavy atom. The Kier molecular flexibility index (Phi) is 3.92. The van der Waals surface area contributed by atoms with Gasteiger partial charge in [0.05, 0.1) is 11.5 Å². The van der Waals surface area contributed by atoms with Crippen LogP contribution in [0.3, 0.4) is 0 Å². The topological polar surface area (TPSA) is 69.4 Å². The molecule has 0 spiro atoms. The molecule has 14 heavy (non-hydrogen) atoms. The van der Waals surface area contributed by atoms with Gasteiger partial charge in [-0.05, 0) is 26.2 Å². The van der Waals surface area contributed by atoms with Crippen molar-refractivity contribution in [2.45, 2.75) is 31.7 Å². The van der Waals surface area contributed by atoms with Gasteiger partial charge in [0.15, 0.2) is 9.84 Å². The van der Waals surface area contributed by atoms with Gasteiger partial charge in [0.1, 0.15) is 0 Å². The largest absolute Gasteiger partial charge is 0.382 e. The van der Waals surface area contributed by atoms with Gasteiger partial charge < -0.3 is 10.5 Å². The zero-order chi connectivity index (χ0) is 10.7. The highest BCUT2D eigenvalue weighted by Gasteiger charge is 2.38. The summed E-state index contributed by atoms with van der Waals surface area (Å²) >= 11 is 0. The van der Waals surface area contributed by atoms with E-state index in [1.165, 1.54) is 0 Å². The smallest absolute Gasteiger partial charge is 0.152 e. The molecule has 1 atom stereocenters. The average Bonchev–Trinajstić information content (AvgIpc) is 2.36. The Labute approximate surface area is 85.7 Å². The molecule has 1 fully saturated rings. The molecule has 0 aromatic heterocycles. The van der Waals surface area contributed by atoms with Gasteiger partial charge in [0, 0.05) is 18.8 Å². The molecule has 84 valence electrons.